The molecule has 0 saturated carbocycles. The molecule has 5 unspecified atom stereocenters. The van der Waals surface area contributed by atoms with E-state index in [0.29, 0.717) is 25.7 Å². The van der Waals surface area contributed by atoms with E-state index in [1.165, 1.54) is 154 Å². The molecule has 0 heterocycles. The highest BCUT2D eigenvalue weighted by molar-refractivity contribution is 7.47. The van der Waals surface area contributed by atoms with Crippen LogP contribution in [0.2, 0.25) is 0 Å². The van der Waals surface area contributed by atoms with Crippen molar-refractivity contribution in [1.82, 2.24) is 0 Å². The van der Waals surface area contributed by atoms with Gasteiger partial charge in [-0.25, -0.2) is 9.13 Å². The fraction of sp³-hybridized carbons (Fsp3) is 0.944. The number of aliphatic hydroxyl groups excluding tert-OH is 1. The van der Waals surface area contributed by atoms with E-state index in [9.17, 15) is 43.2 Å². The van der Waals surface area contributed by atoms with Crippen LogP contribution >= 0.6 is 15.6 Å². The predicted molar refractivity (Wildman–Crippen MR) is 367 cm³/mol. The van der Waals surface area contributed by atoms with Crippen LogP contribution in [0.1, 0.15) is 357 Å². The largest absolute Gasteiger partial charge is 0.472 e. The van der Waals surface area contributed by atoms with Crippen molar-refractivity contribution in [2.75, 3.05) is 39.6 Å². The molecule has 0 amide bonds. The second-order valence-corrected chi connectivity index (χ2v) is 30.1. The molecule has 0 aliphatic heterocycles. The van der Waals surface area contributed by atoms with Crippen LogP contribution in [0.25, 0.3) is 0 Å². The Hall–Kier alpha value is -1.94. The predicted octanol–water partition coefficient (Wildman–Crippen LogP) is 20.5. The van der Waals surface area contributed by atoms with Gasteiger partial charge in [0.15, 0.2) is 12.2 Å². The van der Waals surface area contributed by atoms with Gasteiger partial charge in [0.1, 0.15) is 19.3 Å². The number of carbonyl (C=O) groups excluding carboxylic acids is 4. The SMILES string of the molecule is CCC(C)CCCCCCCCCCCCCCCCC(=O)O[C@H](COC(=O)CCCCCCCCCCC(C)CC)COP(=O)(O)OC[C@@H](O)COP(=O)(O)OC[C@@H](COC(=O)CCCCCCCCC(C)CC)OC(=O)CCCCCCCCCCC(C)C. The van der Waals surface area contributed by atoms with Gasteiger partial charge in [0.2, 0.25) is 0 Å². The minimum absolute atomic E-state index is 0.103. The van der Waals surface area contributed by atoms with Gasteiger partial charge in [-0.3, -0.25) is 37.3 Å². The normalized spacial score (nSPS) is 15.1. The lowest BCUT2D eigenvalue weighted by Crippen LogP contribution is -2.30. The molecule has 0 aliphatic carbocycles. The fourth-order valence-corrected chi connectivity index (χ4v) is 12.3. The van der Waals surface area contributed by atoms with E-state index in [-0.39, 0.29) is 25.7 Å². The van der Waals surface area contributed by atoms with Crippen LogP contribution in [0.3, 0.4) is 0 Å². The number of hydrogen-bond donors (Lipinski definition) is 3. The number of unbranched alkanes of at least 4 members (excludes halogenated alkanes) is 32. The van der Waals surface area contributed by atoms with Crippen molar-refractivity contribution < 1.29 is 80.2 Å². The Balaban J connectivity index is 5.25. The van der Waals surface area contributed by atoms with Gasteiger partial charge in [0.05, 0.1) is 26.4 Å². The van der Waals surface area contributed by atoms with Gasteiger partial charge in [-0.2, -0.15) is 0 Å². The topological polar surface area (TPSA) is 237 Å². The number of carbonyl (C=O) groups is 4. The first-order valence-electron chi connectivity index (χ1n) is 37.3. The molecule has 0 aromatic rings. The average molecular weight is 1340 g/mol. The summed E-state index contributed by atoms with van der Waals surface area (Å²) in [6.07, 6.45) is 44.4. The number of hydrogen-bond acceptors (Lipinski definition) is 15. The Morgan fingerprint density at radius 3 is 0.780 bits per heavy atom. The summed E-state index contributed by atoms with van der Waals surface area (Å²) in [6, 6.07) is 0. The van der Waals surface area contributed by atoms with E-state index in [4.69, 9.17) is 37.0 Å². The third-order valence-corrected chi connectivity index (χ3v) is 19.6. The Labute approximate surface area is 556 Å². The van der Waals surface area contributed by atoms with E-state index >= 15 is 0 Å². The van der Waals surface area contributed by atoms with Crippen LogP contribution in [-0.2, 0) is 65.4 Å². The lowest BCUT2D eigenvalue weighted by Gasteiger charge is -2.21. The van der Waals surface area contributed by atoms with Crippen molar-refractivity contribution in [1.29, 1.82) is 0 Å². The first kappa shape index (κ1) is 89.1. The molecular weight excluding hydrogens is 1200 g/mol. The first-order valence-corrected chi connectivity index (χ1v) is 40.3. The minimum Gasteiger partial charge on any atom is -0.462 e. The van der Waals surface area contributed by atoms with Gasteiger partial charge in [-0.1, -0.05) is 306 Å². The molecule has 0 bridgehead atoms. The molecule has 0 radical (unpaired) electrons. The van der Waals surface area contributed by atoms with Crippen LogP contribution in [0.4, 0.5) is 0 Å². The Bertz CT molecular complexity index is 1800. The highest BCUT2D eigenvalue weighted by atomic mass is 31.2. The second kappa shape index (κ2) is 61.6. The van der Waals surface area contributed by atoms with E-state index in [1.54, 1.807) is 0 Å². The summed E-state index contributed by atoms with van der Waals surface area (Å²) in [7, 11) is -9.91. The lowest BCUT2D eigenvalue weighted by atomic mass is 9.99. The summed E-state index contributed by atoms with van der Waals surface area (Å²) in [4.78, 5) is 72.6. The third kappa shape index (κ3) is 62.6. The van der Waals surface area contributed by atoms with E-state index in [1.807, 2.05) is 0 Å². The van der Waals surface area contributed by atoms with Crippen molar-refractivity contribution in [2.24, 2.45) is 23.7 Å². The summed E-state index contributed by atoms with van der Waals surface area (Å²) in [6.45, 7) is 14.1. The lowest BCUT2D eigenvalue weighted by molar-refractivity contribution is -0.161. The minimum atomic E-state index is -4.95. The van der Waals surface area contributed by atoms with Gasteiger partial charge in [-0.05, 0) is 49.4 Å². The smallest absolute Gasteiger partial charge is 0.462 e. The molecule has 0 fully saturated rings. The van der Waals surface area contributed by atoms with Crippen molar-refractivity contribution in [2.45, 2.75) is 375 Å². The molecule has 0 aromatic carbocycles. The summed E-state index contributed by atoms with van der Waals surface area (Å²) in [5, 5.41) is 10.6. The van der Waals surface area contributed by atoms with Gasteiger partial charge in [0, 0.05) is 25.7 Å². The summed E-state index contributed by atoms with van der Waals surface area (Å²) in [5.74, 6) is 0.943. The van der Waals surface area contributed by atoms with Crippen molar-refractivity contribution in [3.63, 3.8) is 0 Å². The van der Waals surface area contributed by atoms with Gasteiger partial charge < -0.3 is 33.8 Å². The number of rotatable bonds is 69. The first-order chi connectivity index (χ1) is 43.7. The highest BCUT2D eigenvalue weighted by Gasteiger charge is 2.30. The highest BCUT2D eigenvalue weighted by Crippen LogP contribution is 2.45. The van der Waals surface area contributed by atoms with E-state index < -0.39 is 97.5 Å². The quantitative estimate of drug-likeness (QED) is 0.0222. The van der Waals surface area contributed by atoms with E-state index in [0.717, 1.165) is 120 Å². The van der Waals surface area contributed by atoms with Crippen molar-refractivity contribution in [3.05, 3.63) is 0 Å². The van der Waals surface area contributed by atoms with Crippen LogP contribution in [0.15, 0.2) is 0 Å². The molecule has 0 aromatic heterocycles. The average Bonchev–Trinajstić information content (AvgIpc) is 3.52. The van der Waals surface area contributed by atoms with Gasteiger partial charge in [0.25, 0.3) is 0 Å². The molecule has 8 atom stereocenters. The van der Waals surface area contributed by atoms with Gasteiger partial charge >= 0.3 is 39.5 Å². The maximum atomic E-state index is 13.0. The monoisotopic (exact) mass is 1340 g/mol. The number of esters is 4. The molecule has 0 spiro atoms. The van der Waals surface area contributed by atoms with Gasteiger partial charge in [-0.15, -0.1) is 0 Å². The number of aliphatic hydroxyl groups is 1. The molecule has 0 aliphatic rings. The molecule has 540 valence electrons. The molecule has 19 heteroatoms. The fourth-order valence-electron chi connectivity index (χ4n) is 10.7. The molecule has 17 nitrogen and oxygen atoms in total. The summed E-state index contributed by atoms with van der Waals surface area (Å²) in [5.41, 5.74) is 0. The molecule has 0 saturated heterocycles. The zero-order valence-electron chi connectivity index (χ0n) is 59.5. The summed E-state index contributed by atoms with van der Waals surface area (Å²) >= 11 is 0. The maximum absolute atomic E-state index is 13.0. The standard InChI is InChI=1S/C72H140O17P2/c1-9-63(6)49-41-33-25-18-16-14-12-13-15-17-19-28-38-46-54-71(76)88-67(58-82-69(74)52-44-36-27-23-21-26-34-42-50-64(7)10-2)60-86-90(78,79)84-56-66(73)57-85-91(80,81)87-61-68(59-83-70(75)53-45-37-31-30-35-43-51-65(8)11-3)89-72(77)55-47-39-29-22-20-24-32-40-48-62(4)5/h62-68,73H,9-61H2,1-8H3,(H,78,79)(H,80,81)/t63?,64?,65?,66-,67-,68-/m1/s1. The van der Waals surface area contributed by atoms with Crippen LogP contribution in [-0.4, -0.2) is 96.7 Å². The van der Waals surface area contributed by atoms with Crippen molar-refractivity contribution >= 4 is 39.5 Å². The number of phosphoric acid groups is 2. The van der Waals surface area contributed by atoms with Crippen LogP contribution in [0, 0.1) is 23.7 Å². The van der Waals surface area contributed by atoms with Crippen LogP contribution < -0.4 is 0 Å². The Morgan fingerprint density at radius 1 is 0.308 bits per heavy atom. The maximum Gasteiger partial charge on any atom is 0.472 e. The van der Waals surface area contributed by atoms with Crippen molar-refractivity contribution in [3.8, 4) is 0 Å². The number of ether oxygens (including phenoxy) is 4. The third-order valence-electron chi connectivity index (χ3n) is 17.7. The van der Waals surface area contributed by atoms with E-state index in [2.05, 4.69) is 55.4 Å². The summed E-state index contributed by atoms with van der Waals surface area (Å²) < 4.78 is 68.3. The molecule has 0 rings (SSSR count). The zero-order valence-corrected chi connectivity index (χ0v) is 61.3. The second-order valence-electron chi connectivity index (χ2n) is 27.2. The Kier molecular flexibility index (Phi) is 60.3. The van der Waals surface area contributed by atoms with Crippen LogP contribution in [0.5, 0.6) is 0 Å². The zero-order chi connectivity index (χ0) is 67.5. The molecule has 91 heavy (non-hydrogen) atoms. The molecular formula is C72H140O17P2. The number of phosphoric ester groups is 2. The molecule has 3 N–H and O–H groups in total. The Morgan fingerprint density at radius 2 is 0.527 bits per heavy atom.